The number of nitrogens with one attached hydrogen (secondary N) is 4. The van der Waals surface area contributed by atoms with Crippen molar-refractivity contribution in [2.75, 3.05) is 22.8 Å². The van der Waals surface area contributed by atoms with Crippen molar-refractivity contribution in [3.05, 3.63) is 40.7 Å². The van der Waals surface area contributed by atoms with E-state index >= 15 is 0 Å². The number of fused-ring (bicyclic) bond motifs is 1. The summed E-state index contributed by atoms with van der Waals surface area (Å²) in [6, 6.07) is 5.10. The summed E-state index contributed by atoms with van der Waals surface area (Å²) in [5.74, 6) is -0.377. The van der Waals surface area contributed by atoms with Crippen LogP contribution in [-0.2, 0) is 23.0 Å². The molecule has 0 spiro atoms. The van der Waals surface area contributed by atoms with E-state index in [0.29, 0.717) is 23.6 Å². The fraction of sp³-hybridized carbons (Fsp3) is 0.333. The minimum atomic E-state index is -3.45. The number of anilines is 2. The van der Waals surface area contributed by atoms with Gasteiger partial charge in [-0.2, -0.15) is 5.10 Å². The minimum absolute atomic E-state index is 0. The van der Waals surface area contributed by atoms with Crippen LogP contribution in [0.2, 0.25) is 0 Å². The van der Waals surface area contributed by atoms with Crippen LogP contribution in [-0.4, -0.2) is 37.3 Å². The van der Waals surface area contributed by atoms with Gasteiger partial charge in [0.25, 0.3) is 5.91 Å². The number of carbonyl (C=O) groups excluding carboxylic acids is 1. The van der Waals surface area contributed by atoms with Crippen LogP contribution in [0.15, 0.2) is 18.2 Å². The van der Waals surface area contributed by atoms with Crippen molar-refractivity contribution in [2.24, 2.45) is 0 Å². The van der Waals surface area contributed by atoms with Gasteiger partial charge in [-0.05, 0) is 24.6 Å². The van der Waals surface area contributed by atoms with E-state index < -0.39 is 10.0 Å². The third-order valence-corrected chi connectivity index (χ3v) is 4.33. The normalized spacial score (nSPS) is 13.5. The van der Waals surface area contributed by atoms with Crippen LogP contribution in [0.25, 0.3) is 0 Å². The van der Waals surface area contributed by atoms with Crippen LogP contribution in [0.3, 0.4) is 0 Å². The first-order valence-electron chi connectivity index (χ1n) is 7.50. The number of carbonyl (C=O) groups is 1. The predicted molar refractivity (Wildman–Crippen MR) is 98.8 cm³/mol. The number of halogens is 1. The number of amides is 1. The van der Waals surface area contributed by atoms with Gasteiger partial charge in [0.2, 0.25) is 10.0 Å². The molecule has 1 aromatic heterocycles. The number of aromatic amines is 1. The first-order valence-corrected chi connectivity index (χ1v) is 9.39. The molecule has 10 heteroatoms. The monoisotopic (exact) mass is 385 g/mol. The Kier molecular flexibility index (Phi) is 5.71. The molecule has 0 aliphatic carbocycles. The van der Waals surface area contributed by atoms with E-state index in [-0.39, 0.29) is 18.3 Å². The zero-order valence-corrected chi connectivity index (χ0v) is 15.5. The molecular formula is C15H20ClN5O3S. The third-order valence-electron chi connectivity index (χ3n) is 3.74. The minimum Gasteiger partial charge on any atom is -0.319 e. The molecule has 0 fully saturated rings. The first-order chi connectivity index (χ1) is 11.3. The van der Waals surface area contributed by atoms with E-state index in [1.165, 1.54) is 0 Å². The maximum Gasteiger partial charge on any atom is 0.276 e. The summed E-state index contributed by atoms with van der Waals surface area (Å²) in [7, 11) is -3.45. The summed E-state index contributed by atoms with van der Waals surface area (Å²) in [6.07, 6.45) is 1.86. The predicted octanol–water partition coefficient (Wildman–Crippen LogP) is 1.41. The second-order valence-electron chi connectivity index (χ2n) is 5.83. The van der Waals surface area contributed by atoms with Gasteiger partial charge in [-0.3, -0.25) is 14.6 Å². The number of aromatic nitrogens is 2. The average Bonchev–Trinajstić information content (AvgIpc) is 2.93. The highest BCUT2D eigenvalue weighted by atomic mass is 35.5. The summed E-state index contributed by atoms with van der Waals surface area (Å²) in [5, 5.41) is 13.0. The van der Waals surface area contributed by atoms with E-state index in [1.807, 2.05) is 6.92 Å². The Morgan fingerprint density at radius 2 is 2.04 bits per heavy atom. The lowest BCUT2D eigenvalue weighted by atomic mass is 10.1. The third kappa shape index (κ3) is 4.50. The number of H-pyrrole nitrogens is 1. The Morgan fingerprint density at radius 1 is 1.28 bits per heavy atom. The first kappa shape index (κ1) is 19.2. The van der Waals surface area contributed by atoms with Crippen LogP contribution >= 0.6 is 12.4 Å². The number of sulfonamides is 1. The van der Waals surface area contributed by atoms with Crippen LogP contribution in [0.4, 0.5) is 11.4 Å². The van der Waals surface area contributed by atoms with Crippen molar-refractivity contribution in [3.8, 4) is 0 Å². The van der Waals surface area contributed by atoms with Gasteiger partial charge in [-0.1, -0.05) is 6.07 Å². The van der Waals surface area contributed by atoms with Gasteiger partial charge >= 0.3 is 0 Å². The van der Waals surface area contributed by atoms with E-state index in [2.05, 4.69) is 25.6 Å². The van der Waals surface area contributed by atoms with Gasteiger partial charge in [-0.15, -0.1) is 12.4 Å². The lowest BCUT2D eigenvalue weighted by Gasteiger charge is -2.14. The molecule has 8 nitrogen and oxygen atoms in total. The molecule has 2 aromatic rings. The smallest absolute Gasteiger partial charge is 0.276 e. The molecule has 0 saturated heterocycles. The Bertz CT molecular complexity index is 895. The van der Waals surface area contributed by atoms with E-state index in [1.54, 1.807) is 18.2 Å². The zero-order valence-electron chi connectivity index (χ0n) is 13.8. The Morgan fingerprint density at radius 3 is 2.76 bits per heavy atom. The van der Waals surface area contributed by atoms with Crippen molar-refractivity contribution >= 4 is 39.7 Å². The highest BCUT2D eigenvalue weighted by Crippen LogP contribution is 2.25. The van der Waals surface area contributed by atoms with Gasteiger partial charge in [0.15, 0.2) is 5.69 Å². The molecule has 1 amide bonds. The molecule has 136 valence electrons. The maximum absolute atomic E-state index is 12.6. The van der Waals surface area contributed by atoms with Gasteiger partial charge in [0, 0.05) is 30.8 Å². The summed E-state index contributed by atoms with van der Waals surface area (Å²) in [5.41, 5.74) is 3.74. The van der Waals surface area contributed by atoms with E-state index in [9.17, 15) is 13.2 Å². The molecule has 4 N–H and O–H groups in total. The quantitative estimate of drug-likeness (QED) is 0.635. The van der Waals surface area contributed by atoms with Gasteiger partial charge in [0.1, 0.15) is 0 Å². The van der Waals surface area contributed by atoms with Gasteiger partial charge in [0.05, 0.1) is 17.6 Å². The SMILES string of the molecule is Cc1ccc(NS(C)(=O)=O)c(NC(=O)c2n[nH]c3c2CNCC3)c1.Cl. The molecule has 0 atom stereocenters. The summed E-state index contributed by atoms with van der Waals surface area (Å²) >= 11 is 0. The highest BCUT2D eigenvalue weighted by molar-refractivity contribution is 7.92. The van der Waals surface area contributed by atoms with Crippen molar-refractivity contribution in [1.82, 2.24) is 15.5 Å². The fourth-order valence-electron chi connectivity index (χ4n) is 2.64. The molecule has 0 unspecified atom stereocenters. The van der Waals surface area contributed by atoms with Crippen molar-refractivity contribution in [2.45, 2.75) is 19.9 Å². The maximum atomic E-state index is 12.6. The Balaban J connectivity index is 0.00000225. The van der Waals surface area contributed by atoms with Crippen molar-refractivity contribution in [1.29, 1.82) is 0 Å². The molecule has 1 aromatic carbocycles. The molecule has 0 radical (unpaired) electrons. The molecule has 1 aliphatic rings. The molecular weight excluding hydrogens is 366 g/mol. The molecule has 2 heterocycles. The van der Waals surface area contributed by atoms with Gasteiger partial charge in [-0.25, -0.2) is 8.42 Å². The van der Waals surface area contributed by atoms with Crippen LogP contribution in [0, 0.1) is 6.92 Å². The second kappa shape index (κ2) is 7.42. The lowest BCUT2D eigenvalue weighted by Crippen LogP contribution is -2.25. The van der Waals surface area contributed by atoms with Gasteiger partial charge < -0.3 is 10.6 Å². The van der Waals surface area contributed by atoms with Crippen molar-refractivity contribution < 1.29 is 13.2 Å². The standard InChI is InChI=1S/C15H19N5O3S.ClH/c1-9-3-4-12(20-24(2,22)23)13(7-9)17-15(21)14-10-8-16-6-5-11(10)18-19-14;/h3-4,7,16,20H,5-6,8H2,1-2H3,(H,17,21)(H,18,19);1H. The number of hydrogen-bond acceptors (Lipinski definition) is 5. The van der Waals surface area contributed by atoms with Crippen LogP contribution in [0.1, 0.15) is 27.3 Å². The largest absolute Gasteiger partial charge is 0.319 e. The topological polar surface area (TPSA) is 116 Å². The van der Waals surface area contributed by atoms with E-state index in [4.69, 9.17) is 0 Å². The fourth-order valence-corrected chi connectivity index (χ4v) is 3.22. The molecule has 25 heavy (non-hydrogen) atoms. The highest BCUT2D eigenvalue weighted by Gasteiger charge is 2.22. The number of rotatable bonds is 4. The number of nitrogens with zero attached hydrogens (tertiary/aromatic N) is 1. The van der Waals surface area contributed by atoms with Crippen molar-refractivity contribution in [3.63, 3.8) is 0 Å². The van der Waals surface area contributed by atoms with E-state index in [0.717, 1.165) is 36.0 Å². The average molecular weight is 386 g/mol. The Hall–Kier alpha value is -2.10. The summed E-state index contributed by atoms with van der Waals surface area (Å²) in [4.78, 5) is 12.6. The Labute approximate surface area is 152 Å². The molecule has 1 aliphatic heterocycles. The molecule has 0 saturated carbocycles. The molecule has 0 bridgehead atoms. The van der Waals surface area contributed by atoms with Crippen LogP contribution < -0.4 is 15.4 Å². The summed E-state index contributed by atoms with van der Waals surface area (Å²) in [6.45, 7) is 3.29. The number of aryl methyl sites for hydroxylation is 1. The number of benzene rings is 1. The molecule has 3 rings (SSSR count). The second-order valence-corrected chi connectivity index (χ2v) is 7.58. The van der Waals surface area contributed by atoms with Crippen LogP contribution in [0.5, 0.6) is 0 Å². The lowest BCUT2D eigenvalue weighted by molar-refractivity contribution is 0.102. The summed E-state index contributed by atoms with van der Waals surface area (Å²) < 4.78 is 25.4. The zero-order chi connectivity index (χ0) is 17.3. The number of hydrogen-bond donors (Lipinski definition) is 4.